The molecule has 2 aromatic heterocycles. The molecule has 1 aliphatic rings. The minimum atomic E-state index is -0.628. The predicted molar refractivity (Wildman–Crippen MR) is 101 cm³/mol. The molecule has 0 saturated carbocycles. The average molecular weight is 389 g/mol. The third-order valence-electron chi connectivity index (χ3n) is 4.81. The summed E-state index contributed by atoms with van der Waals surface area (Å²) in [5.74, 6) is 1.56. The Kier molecular flexibility index (Phi) is 6.28. The normalized spacial score (nSPS) is 16.3. The van der Waals surface area contributed by atoms with Gasteiger partial charge in [-0.2, -0.15) is 4.98 Å². The van der Waals surface area contributed by atoms with Gasteiger partial charge in [0.15, 0.2) is 5.82 Å². The number of hydrogen-bond donors (Lipinski definition) is 1. The Labute approximate surface area is 163 Å². The number of rotatable bonds is 6. The molecule has 1 fully saturated rings. The third kappa shape index (κ3) is 4.67. The maximum atomic E-state index is 12.7. The van der Waals surface area contributed by atoms with E-state index in [1.165, 1.54) is 0 Å². The summed E-state index contributed by atoms with van der Waals surface area (Å²) in [5, 5.41) is 6.67. The van der Waals surface area contributed by atoms with Crippen molar-refractivity contribution in [2.45, 2.75) is 58.9 Å². The van der Waals surface area contributed by atoms with E-state index >= 15 is 0 Å². The van der Waals surface area contributed by atoms with Crippen LogP contribution in [-0.2, 0) is 11.2 Å². The lowest BCUT2D eigenvalue weighted by atomic mass is 9.95. The SMILES string of the molecule is Cc1cc(C2CCOCC2)oc(=O)c1C(=O)NC(C)c1nc(CC(C)C)no1. The van der Waals surface area contributed by atoms with Crippen LogP contribution in [0.5, 0.6) is 0 Å². The lowest BCUT2D eigenvalue weighted by Crippen LogP contribution is -2.32. The largest absolute Gasteiger partial charge is 0.427 e. The molecule has 0 aromatic carbocycles. The van der Waals surface area contributed by atoms with Gasteiger partial charge in [-0.15, -0.1) is 0 Å². The molecular formula is C20H27N3O5. The van der Waals surface area contributed by atoms with Gasteiger partial charge in [-0.1, -0.05) is 19.0 Å². The molecule has 3 rings (SSSR count). The Morgan fingerprint density at radius 2 is 2.00 bits per heavy atom. The van der Waals surface area contributed by atoms with Crippen LogP contribution in [0.2, 0.25) is 0 Å². The van der Waals surface area contributed by atoms with Gasteiger partial charge in [-0.25, -0.2) is 4.79 Å². The molecule has 1 aliphatic heterocycles. The highest BCUT2D eigenvalue weighted by Gasteiger charge is 2.25. The molecule has 0 aliphatic carbocycles. The molecule has 1 amide bonds. The van der Waals surface area contributed by atoms with Crippen molar-refractivity contribution >= 4 is 5.91 Å². The van der Waals surface area contributed by atoms with E-state index in [1.807, 2.05) is 0 Å². The van der Waals surface area contributed by atoms with E-state index < -0.39 is 17.6 Å². The van der Waals surface area contributed by atoms with Crippen LogP contribution in [0.1, 0.15) is 79.0 Å². The first kappa shape index (κ1) is 20.3. The number of ether oxygens (including phenoxy) is 1. The molecule has 1 saturated heterocycles. The summed E-state index contributed by atoms with van der Waals surface area (Å²) in [6.07, 6.45) is 2.31. The number of amides is 1. The van der Waals surface area contributed by atoms with Crippen LogP contribution < -0.4 is 10.9 Å². The highest BCUT2D eigenvalue weighted by atomic mass is 16.5. The van der Waals surface area contributed by atoms with Gasteiger partial charge in [-0.3, -0.25) is 4.79 Å². The first-order chi connectivity index (χ1) is 13.3. The Balaban J connectivity index is 1.73. The van der Waals surface area contributed by atoms with Gasteiger partial charge in [0.1, 0.15) is 17.4 Å². The Morgan fingerprint density at radius 3 is 2.64 bits per heavy atom. The summed E-state index contributed by atoms with van der Waals surface area (Å²) in [6, 6.07) is 1.26. The minimum Gasteiger partial charge on any atom is -0.427 e. The fourth-order valence-electron chi connectivity index (χ4n) is 3.31. The quantitative estimate of drug-likeness (QED) is 0.809. The average Bonchev–Trinajstić information content (AvgIpc) is 3.09. The lowest BCUT2D eigenvalue weighted by Gasteiger charge is -2.21. The van der Waals surface area contributed by atoms with Gasteiger partial charge in [-0.05, 0) is 44.2 Å². The van der Waals surface area contributed by atoms with Crippen molar-refractivity contribution in [2.75, 3.05) is 13.2 Å². The molecule has 8 nitrogen and oxygen atoms in total. The molecule has 152 valence electrons. The van der Waals surface area contributed by atoms with E-state index in [-0.39, 0.29) is 11.5 Å². The van der Waals surface area contributed by atoms with Crippen molar-refractivity contribution in [1.29, 1.82) is 0 Å². The summed E-state index contributed by atoms with van der Waals surface area (Å²) in [7, 11) is 0. The van der Waals surface area contributed by atoms with E-state index in [1.54, 1.807) is 19.9 Å². The number of nitrogens with zero attached hydrogens (tertiary/aromatic N) is 2. The Morgan fingerprint density at radius 1 is 1.29 bits per heavy atom. The van der Waals surface area contributed by atoms with Gasteiger partial charge in [0, 0.05) is 25.6 Å². The van der Waals surface area contributed by atoms with Crippen LogP contribution in [0.4, 0.5) is 0 Å². The molecule has 1 atom stereocenters. The van der Waals surface area contributed by atoms with Crippen LogP contribution in [0, 0.1) is 12.8 Å². The first-order valence-corrected chi connectivity index (χ1v) is 9.71. The van der Waals surface area contributed by atoms with Crippen LogP contribution in [0.25, 0.3) is 0 Å². The van der Waals surface area contributed by atoms with E-state index in [0.717, 1.165) is 12.8 Å². The first-order valence-electron chi connectivity index (χ1n) is 9.71. The summed E-state index contributed by atoms with van der Waals surface area (Å²) in [6.45, 7) is 8.90. The van der Waals surface area contributed by atoms with Gasteiger partial charge in [0.2, 0.25) is 5.89 Å². The second-order valence-corrected chi connectivity index (χ2v) is 7.72. The monoisotopic (exact) mass is 389 g/mol. The second-order valence-electron chi connectivity index (χ2n) is 7.72. The zero-order valence-electron chi connectivity index (χ0n) is 16.8. The summed E-state index contributed by atoms with van der Waals surface area (Å²) in [4.78, 5) is 29.5. The predicted octanol–water partition coefficient (Wildman–Crippen LogP) is 2.91. The zero-order valence-corrected chi connectivity index (χ0v) is 16.8. The van der Waals surface area contributed by atoms with E-state index in [4.69, 9.17) is 13.7 Å². The van der Waals surface area contributed by atoms with E-state index in [9.17, 15) is 9.59 Å². The van der Waals surface area contributed by atoms with Gasteiger partial charge in [0.05, 0.1) is 0 Å². The van der Waals surface area contributed by atoms with Gasteiger partial charge < -0.3 is 19.0 Å². The molecule has 1 unspecified atom stereocenters. The van der Waals surface area contributed by atoms with Gasteiger partial charge >= 0.3 is 5.63 Å². The molecular weight excluding hydrogens is 362 g/mol. The fraction of sp³-hybridized carbons (Fsp3) is 0.600. The second kappa shape index (κ2) is 8.68. The third-order valence-corrected chi connectivity index (χ3v) is 4.81. The molecule has 8 heteroatoms. The molecule has 3 heterocycles. The van der Waals surface area contributed by atoms with E-state index in [0.29, 0.717) is 48.6 Å². The van der Waals surface area contributed by atoms with Crippen molar-refractivity contribution in [2.24, 2.45) is 5.92 Å². The Bertz CT molecular complexity index is 880. The Hall–Kier alpha value is -2.48. The summed E-state index contributed by atoms with van der Waals surface area (Å²) < 4.78 is 16.0. The number of carbonyl (C=O) groups excluding carboxylic acids is 1. The van der Waals surface area contributed by atoms with Gasteiger partial charge in [0.25, 0.3) is 5.91 Å². The number of nitrogens with one attached hydrogen (secondary N) is 1. The van der Waals surface area contributed by atoms with Crippen molar-refractivity contribution in [1.82, 2.24) is 15.5 Å². The van der Waals surface area contributed by atoms with Crippen molar-refractivity contribution in [3.63, 3.8) is 0 Å². The molecule has 2 aromatic rings. The standard InChI is InChI=1S/C20H27N3O5/c1-11(2)9-16-22-19(28-23-16)13(4)21-18(24)17-12(3)10-15(27-20(17)25)14-5-7-26-8-6-14/h10-11,13-14H,5-9H2,1-4H3,(H,21,24). The highest BCUT2D eigenvalue weighted by molar-refractivity contribution is 5.95. The minimum absolute atomic E-state index is 0.00424. The van der Waals surface area contributed by atoms with Crippen molar-refractivity contribution in [3.05, 3.63) is 45.1 Å². The molecule has 28 heavy (non-hydrogen) atoms. The zero-order chi connectivity index (χ0) is 20.3. The number of carbonyl (C=O) groups is 1. The number of aryl methyl sites for hydroxylation is 1. The van der Waals surface area contributed by atoms with Crippen LogP contribution >= 0.6 is 0 Å². The van der Waals surface area contributed by atoms with Crippen molar-refractivity contribution < 1.29 is 18.5 Å². The maximum Gasteiger partial charge on any atom is 0.349 e. The number of hydrogen-bond acceptors (Lipinski definition) is 7. The highest BCUT2D eigenvalue weighted by Crippen LogP contribution is 2.27. The molecule has 0 bridgehead atoms. The molecule has 1 N–H and O–H groups in total. The molecule has 0 radical (unpaired) electrons. The molecule has 0 spiro atoms. The van der Waals surface area contributed by atoms with Crippen LogP contribution in [-0.4, -0.2) is 29.3 Å². The van der Waals surface area contributed by atoms with Crippen LogP contribution in [0.3, 0.4) is 0 Å². The van der Waals surface area contributed by atoms with Crippen LogP contribution in [0.15, 0.2) is 19.8 Å². The van der Waals surface area contributed by atoms with E-state index in [2.05, 4.69) is 29.3 Å². The summed E-state index contributed by atoms with van der Waals surface area (Å²) >= 11 is 0. The topological polar surface area (TPSA) is 107 Å². The lowest BCUT2D eigenvalue weighted by molar-refractivity contribution is 0.0795. The maximum absolute atomic E-state index is 12.7. The summed E-state index contributed by atoms with van der Waals surface area (Å²) in [5.41, 5.74) is -0.0322. The number of aromatic nitrogens is 2. The fourth-order valence-corrected chi connectivity index (χ4v) is 3.31. The van der Waals surface area contributed by atoms with Crippen molar-refractivity contribution in [3.8, 4) is 0 Å². The smallest absolute Gasteiger partial charge is 0.349 e.